The van der Waals surface area contributed by atoms with Crippen LogP contribution in [0.5, 0.6) is 11.5 Å². The van der Waals surface area contributed by atoms with Gasteiger partial charge in [-0.1, -0.05) is 6.07 Å². The number of hydrogen-bond acceptors (Lipinski definition) is 14. The molecule has 0 saturated carbocycles. The van der Waals surface area contributed by atoms with E-state index in [9.17, 15) is 18.5 Å². The van der Waals surface area contributed by atoms with E-state index in [2.05, 4.69) is 25.6 Å². The Hall–Kier alpha value is -4.41. The smallest absolute Gasteiger partial charge is 0.475 e. The number of thiazole rings is 1. The molecule has 0 radical (unpaired) electrons. The van der Waals surface area contributed by atoms with Crippen molar-refractivity contribution in [2.75, 3.05) is 44.0 Å². The number of carbonyl (C=O) groups excluding carboxylic acids is 2. The van der Waals surface area contributed by atoms with E-state index < -0.39 is 36.5 Å². The number of rotatable bonds is 17. The Morgan fingerprint density at radius 3 is 2.25 bits per heavy atom. The van der Waals surface area contributed by atoms with Crippen molar-refractivity contribution in [2.45, 2.75) is 92.0 Å². The zero-order valence-electron chi connectivity index (χ0n) is 33.6. The molecule has 0 unspecified atom stereocenters. The number of carbonyl (C=O) groups is 2. The van der Waals surface area contributed by atoms with Crippen LogP contribution in [0, 0.1) is 5.82 Å². The monoisotopic (exact) mass is 818 g/mol. The molecule has 0 aliphatic heterocycles. The summed E-state index contributed by atoms with van der Waals surface area (Å²) in [6, 6.07) is 9.16. The van der Waals surface area contributed by atoms with Crippen LogP contribution in [0.25, 0.3) is 10.9 Å². The third-order valence-electron chi connectivity index (χ3n) is 7.01. The fourth-order valence-electron chi connectivity index (χ4n) is 4.98. The van der Waals surface area contributed by atoms with Gasteiger partial charge in [-0.2, -0.15) is 0 Å². The average molecular weight is 819 g/mol. The second-order valence-electron chi connectivity index (χ2n) is 15.6. The summed E-state index contributed by atoms with van der Waals surface area (Å²) in [7, 11) is -2.47. The van der Waals surface area contributed by atoms with Crippen LogP contribution >= 0.6 is 19.2 Å². The highest BCUT2D eigenvalue weighted by atomic mass is 32.1. The van der Waals surface area contributed by atoms with Gasteiger partial charge in [-0.3, -0.25) is 18.4 Å². The molecule has 0 saturated heterocycles. The number of hydrogen-bond donors (Lipinski definition) is 2. The molecule has 0 aliphatic rings. The Balaban J connectivity index is 1.39. The van der Waals surface area contributed by atoms with Gasteiger partial charge in [0.05, 0.1) is 43.5 Å². The van der Waals surface area contributed by atoms with Crippen molar-refractivity contribution >= 4 is 58.7 Å². The van der Waals surface area contributed by atoms with Gasteiger partial charge in [0.2, 0.25) is 5.91 Å². The standard InChI is InChI=1S/C38H52FN6O9PS/c1-36(2,3)52-35(47)45(16-18-51-55(48,53-37(4,5)6)54-38(7,8)9)15-12-17-50-31-22-29-28(21-30(31)49-10)33(42-24-41-29)44-34-40-23-27(56-34)20-32(46)43-26-14-11-13-25(39)19-26/h11,13-14,19,21-24H,12,15-18,20H2,1-10H3,(H,43,46)(H,40,41,42,44). The van der Waals surface area contributed by atoms with E-state index >= 15 is 0 Å². The number of phosphoric ester groups is 1. The van der Waals surface area contributed by atoms with Gasteiger partial charge in [-0.25, -0.2) is 28.7 Å². The van der Waals surface area contributed by atoms with Crippen LogP contribution in [-0.2, 0) is 34.1 Å². The summed E-state index contributed by atoms with van der Waals surface area (Å²) in [5, 5.41) is 7.01. The van der Waals surface area contributed by atoms with Crippen molar-refractivity contribution in [2.24, 2.45) is 0 Å². The van der Waals surface area contributed by atoms with Gasteiger partial charge in [0.15, 0.2) is 16.6 Å². The second-order valence-corrected chi connectivity index (χ2v) is 18.2. The zero-order chi connectivity index (χ0) is 41.3. The highest BCUT2D eigenvalue weighted by molar-refractivity contribution is 7.48. The third-order valence-corrected chi connectivity index (χ3v) is 9.96. The lowest BCUT2D eigenvalue weighted by atomic mass is 10.2. The molecule has 15 nitrogen and oxygen atoms in total. The predicted octanol–water partition coefficient (Wildman–Crippen LogP) is 8.92. The van der Waals surface area contributed by atoms with Crippen molar-refractivity contribution in [3.8, 4) is 11.5 Å². The SMILES string of the molecule is COc1cc2c(Nc3ncc(CC(=O)Nc4cccc(F)c4)s3)ncnc2cc1OCCCN(CCOP(=O)(OC(C)(C)C)OC(C)(C)C)C(=O)OC(C)(C)C. The number of aromatic nitrogens is 3. The summed E-state index contributed by atoms with van der Waals surface area (Å²) in [5.41, 5.74) is -1.43. The van der Waals surface area contributed by atoms with E-state index in [1.54, 1.807) is 86.7 Å². The van der Waals surface area contributed by atoms with Gasteiger partial charge in [-0.05, 0) is 93.0 Å². The first-order chi connectivity index (χ1) is 26.1. The minimum atomic E-state index is -3.99. The molecule has 2 amide bonds. The van der Waals surface area contributed by atoms with Gasteiger partial charge >= 0.3 is 13.9 Å². The van der Waals surface area contributed by atoms with E-state index in [4.69, 9.17) is 27.8 Å². The molecule has 2 heterocycles. The normalized spacial score (nSPS) is 12.3. The van der Waals surface area contributed by atoms with Crippen molar-refractivity contribution < 1.29 is 46.3 Å². The second kappa shape index (κ2) is 18.7. The first-order valence-electron chi connectivity index (χ1n) is 18.0. The Morgan fingerprint density at radius 2 is 1.61 bits per heavy atom. The molecule has 0 bridgehead atoms. The number of nitrogens with zero attached hydrogens (tertiary/aromatic N) is 4. The lowest BCUT2D eigenvalue weighted by Crippen LogP contribution is -2.39. The molecule has 4 aromatic rings. The Labute approximate surface area is 331 Å². The minimum Gasteiger partial charge on any atom is -0.493 e. The van der Waals surface area contributed by atoms with Gasteiger partial charge < -0.3 is 29.7 Å². The van der Waals surface area contributed by atoms with Crippen molar-refractivity contribution in [3.63, 3.8) is 0 Å². The number of fused-ring (bicyclic) bond motifs is 1. The van der Waals surface area contributed by atoms with Crippen molar-refractivity contribution in [1.29, 1.82) is 0 Å². The highest BCUT2D eigenvalue weighted by Crippen LogP contribution is 2.55. The molecule has 0 aliphatic carbocycles. The maximum Gasteiger partial charge on any atom is 0.475 e. The maximum absolute atomic E-state index is 13.5. The van der Waals surface area contributed by atoms with Gasteiger partial charge in [0.25, 0.3) is 0 Å². The number of methoxy groups -OCH3 is 1. The molecule has 0 fully saturated rings. The van der Waals surface area contributed by atoms with Crippen molar-refractivity contribution in [1.82, 2.24) is 19.9 Å². The Bertz CT molecular complexity index is 1990. The number of phosphoric acid groups is 1. The third kappa shape index (κ3) is 14.6. The largest absolute Gasteiger partial charge is 0.493 e. The number of halogens is 1. The number of amides is 2. The number of ether oxygens (including phenoxy) is 3. The van der Waals surface area contributed by atoms with Crippen LogP contribution in [0.2, 0.25) is 0 Å². The van der Waals surface area contributed by atoms with Crippen LogP contribution < -0.4 is 20.1 Å². The number of anilines is 3. The first kappa shape index (κ1) is 44.3. The summed E-state index contributed by atoms with van der Waals surface area (Å²) in [6.07, 6.45) is 2.88. The van der Waals surface area contributed by atoms with Crippen LogP contribution in [0.4, 0.5) is 25.8 Å². The van der Waals surface area contributed by atoms with Crippen LogP contribution in [-0.4, -0.2) is 82.1 Å². The van der Waals surface area contributed by atoms with E-state index in [0.29, 0.717) is 50.3 Å². The van der Waals surface area contributed by atoms with Crippen LogP contribution in [0.3, 0.4) is 0 Å². The average Bonchev–Trinajstić information content (AvgIpc) is 3.49. The summed E-state index contributed by atoms with van der Waals surface area (Å²) in [6.45, 7) is 16.2. The zero-order valence-corrected chi connectivity index (χ0v) is 35.3. The highest BCUT2D eigenvalue weighted by Gasteiger charge is 2.37. The fraction of sp³-hybridized carbons (Fsp3) is 0.500. The maximum atomic E-state index is 13.5. The molecule has 2 aromatic carbocycles. The summed E-state index contributed by atoms with van der Waals surface area (Å²) < 4.78 is 61.5. The summed E-state index contributed by atoms with van der Waals surface area (Å²) >= 11 is 1.28. The van der Waals surface area contributed by atoms with Crippen molar-refractivity contribution in [3.05, 3.63) is 59.6 Å². The Kier molecular flexibility index (Phi) is 14.8. The van der Waals surface area contributed by atoms with E-state index in [1.807, 2.05) is 0 Å². The topological polar surface area (TPSA) is 173 Å². The first-order valence-corrected chi connectivity index (χ1v) is 20.2. The molecule has 4 rings (SSSR count). The lowest BCUT2D eigenvalue weighted by Gasteiger charge is -2.32. The molecule has 2 N–H and O–H groups in total. The molecular formula is C38H52FN6O9PS. The van der Waals surface area contributed by atoms with E-state index in [0.717, 1.165) is 0 Å². The molecule has 18 heteroatoms. The van der Waals surface area contributed by atoms with Gasteiger partial charge in [0, 0.05) is 41.3 Å². The minimum absolute atomic E-state index is 0.0502. The summed E-state index contributed by atoms with van der Waals surface area (Å²) in [4.78, 5) is 41.0. The molecule has 0 atom stereocenters. The number of nitrogens with one attached hydrogen (secondary N) is 2. The van der Waals surface area contributed by atoms with Crippen LogP contribution in [0.15, 0.2) is 48.9 Å². The van der Waals surface area contributed by atoms with E-state index in [1.165, 1.54) is 47.9 Å². The number of benzene rings is 2. The molecular weight excluding hydrogens is 766 g/mol. The van der Waals surface area contributed by atoms with Gasteiger partial charge in [0.1, 0.15) is 23.6 Å². The predicted molar refractivity (Wildman–Crippen MR) is 213 cm³/mol. The molecule has 2 aromatic heterocycles. The molecule has 56 heavy (non-hydrogen) atoms. The summed E-state index contributed by atoms with van der Waals surface area (Å²) in [5.74, 6) is 0.574. The van der Waals surface area contributed by atoms with Crippen LogP contribution in [0.1, 0.15) is 73.6 Å². The molecule has 306 valence electrons. The van der Waals surface area contributed by atoms with E-state index in [-0.39, 0.29) is 38.6 Å². The lowest BCUT2D eigenvalue weighted by molar-refractivity contribution is -0.115. The van der Waals surface area contributed by atoms with Gasteiger partial charge in [-0.15, -0.1) is 11.3 Å². The molecule has 0 spiro atoms. The quantitative estimate of drug-likeness (QED) is 0.0765. The fourth-order valence-corrected chi connectivity index (χ4v) is 7.58. The Morgan fingerprint density at radius 1 is 0.893 bits per heavy atom.